The molecule has 1 fully saturated rings. The average molecular weight is 675 g/mol. The molecule has 2 amide bonds. The number of methoxy groups -OCH3 is 1. The number of anilines is 1. The molecule has 0 saturated heterocycles. The predicted molar refractivity (Wildman–Crippen MR) is 180 cm³/mol. The highest BCUT2D eigenvalue weighted by atomic mass is 35.5. The quantitative estimate of drug-likeness (QED) is 0.222. The fourth-order valence-electron chi connectivity index (χ4n) is 5.64. The van der Waals surface area contributed by atoms with E-state index in [1.54, 1.807) is 48.5 Å². The van der Waals surface area contributed by atoms with Crippen LogP contribution in [0.15, 0.2) is 65.6 Å². The highest BCUT2D eigenvalue weighted by Crippen LogP contribution is 2.34. The third kappa shape index (κ3) is 8.51. The molecule has 0 radical (unpaired) electrons. The fraction of sp³-hybridized carbons (Fsp3) is 0.412. The number of rotatable bonds is 12. The third-order valence-corrected chi connectivity index (χ3v) is 10.7. The fourth-order valence-corrected chi connectivity index (χ4v) is 7.38. The molecule has 8 nitrogen and oxygen atoms in total. The van der Waals surface area contributed by atoms with E-state index in [4.69, 9.17) is 27.9 Å². The standard InChI is InChI=1S/C34H41Cl2N3O5S/c1-5-30(34(41)37-26-9-7-6-8-10-26)38(21-25-14-17-28(35)29(36)20-25)33(40)22-39(31-19-24(3)13-18-32(31)44-4)45(42,43)27-15-11-23(2)12-16-27/h11-20,26,30H,5-10,21-22H2,1-4H3,(H,37,41). The van der Waals surface area contributed by atoms with Crippen LogP contribution in [0, 0.1) is 13.8 Å². The van der Waals surface area contributed by atoms with Crippen LogP contribution in [0.1, 0.15) is 62.1 Å². The van der Waals surface area contributed by atoms with E-state index in [-0.39, 0.29) is 29.1 Å². The molecule has 1 atom stereocenters. The molecule has 0 aromatic heterocycles. The first-order valence-corrected chi connectivity index (χ1v) is 17.4. The number of amides is 2. The summed E-state index contributed by atoms with van der Waals surface area (Å²) in [5, 5.41) is 3.83. The van der Waals surface area contributed by atoms with E-state index in [2.05, 4.69) is 5.32 Å². The van der Waals surface area contributed by atoms with Crippen molar-refractivity contribution in [2.45, 2.75) is 82.8 Å². The second-order valence-electron chi connectivity index (χ2n) is 11.5. The molecule has 0 heterocycles. The van der Waals surface area contributed by atoms with Gasteiger partial charge in [0, 0.05) is 12.6 Å². The number of sulfonamides is 1. The second kappa shape index (κ2) is 15.3. The van der Waals surface area contributed by atoms with Gasteiger partial charge in [-0.05, 0) is 80.6 Å². The average Bonchev–Trinajstić information content (AvgIpc) is 3.02. The predicted octanol–water partition coefficient (Wildman–Crippen LogP) is 7.07. The lowest BCUT2D eigenvalue weighted by Crippen LogP contribution is -2.54. The number of halogens is 2. The molecule has 3 aromatic carbocycles. The van der Waals surface area contributed by atoms with Gasteiger partial charge in [-0.15, -0.1) is 0 Å². The second-order valence-corrected chi connectivity index (χ2v) is 14.2. The smallest absolute Gasteiger partial charge is 0.264 e. The summed E-state index contributed by atoms with van der Waals surface area (Å²) < 4.78 is 35.1. The van der Waals surface area contributed by atoms with Gasteiger partial charge < -0.3 is 15.0 Å². The molecule has 1 N–H and O–H groups in total. The highest BCUT2D eigenvalue weighted by molar-refractivity contribution is 7.92. The van der Waals surface area contributed by atoms with Crippen molar-refractivity contribution in [3.8, 4) is 5.75 Å². The van der Waals surface area contributed by atoms with E-state index in [0.29, 0.717) is 27.8 Å². The minimum Gasteiger partial charge on any atom is -0.495 e. The van der Waals surface area contributed by atoms with Crippen molar-refractivity contribution in [2.75, 3.05) is 18.0 Å². The zero-order chi connectivity index (χ0) is 32.7. The molecule has 45 heavy (non-hydrogen) atoms. The van der Waals surface area contributed by atoms with Crippen LogP contribution in [0.2, 0.25) is 10.0 Å². The molecular formula is C34H41Cl2N3O5S. The van der Waals surface area contributed by atoms with Crippen molar-refractivity contribution in [3.05, 3.63) is 87.4 Å². The summed E-state index contributed by atoms with van der Waals surface area (Å²) in [6, 6.07) is 15.8. The summed E-state index contributed by atoms with van der Waals surface area (Å²) in [4.78, 5) is 29.7. The number of carbonyl (C=O) groups excluding carboxylic acids is 2. The van der Waals surface area contributed by atoms with E-state index < -0.39 is 28.5 Å². The monoisotopic (exact) mass is 673 g/mol. The van der Waals surface area contributed by atoms with Crippen molar-refractivity contribution in [3.63, 3.8) is 0 Å². The van der Waals surface area contributed by atoms with E-state index >= 15 is 0 Å². The van der Waals surface area contributed by atoms with Crippen LogP contribution in [0.25, 0.3) is 0 Å². The van der Waals surface area contributed by atoms with Gasteiger partial charge in [-0.3, -0.25) is 13.9 Å². The van der Waals surface area contributed by atoms with E-state index in [1.165, 1.54) is 24.1 Å². The Morgan fingerprint density at radius 3 is 2.22 bits per heavy atom. The molecule has 242 valence electrons. The van der Waals surface area contributed by atoms with Crippen molar-refractivity contribution < 1.29 is 22.7 Å². The Kier molecular flexibility index (Phi) is 11.8. The van der Waals surface area contributed by atoms with Crippen molar-refractivity contribution in [1.82, 2.24) is 10.2 Å². The maximum Gasteiger partial charge on any atom is 0.264 e. The number of aryl methyl sites for hydroxylation is 2. The number of nitrogens with one attached hydrogen (secondary N) is 1. The Morgan fingerprint density at radius 2 is 1.60 bits per heavy atom. The third-order valence-electron chi connectivity index (χ3n) is 8.17. The summed E-state index contributed by atoms with van der Waals surface area (Å²) in [5.41, 5.74) is 2.56. The van der Waals surface area contributed by atoms with E-state index in [9.17, 15) is 18.0 Å². The number of hydrogen-bond donors (Lipinski definition) is 1. The summed E-state index contributed by atoms with van der Waals surface area (Å²) in [7, 11) is -2.79. The molecule has 0 aliphatic heterocycles. The first-order chi connectivity index (χ1) is 21.4. The molecule has 4 rings (SSSR count). The normalized spacial score (nSPS) is 14.4. The van der Waals surface area contributed by atoms with Gasteiger partial charge in [-0.25, -0.2) is 8.42 Å². The van der Waals surface area contributed by atoms with Gasteiger partial charge in [0.2, 0.25) is 11.8 Å². The van der Waals surface area contributed by atoms with Crippen LogP contribution in [-0.4, -0.2) is 50.9 Å². The summed E-state index contributed by atoms with van der Waals surface area (Å²) in [6.45, 7) is 5.00. The summed E-state index contributed by atoms with van der Waals surface area (Å²) >= 11 is 12.5. The maximum absolute atomic E-state index is 14.4. The highest BCUT2D eigenvalue weighted by Gasteiger charge is 2.35. The van der Waals surface area contributed by atoms with Crippen LogP contribution in [0.4, 0.5) is 5.69 Å². The van der Waals surface area contributed by atoms with Crippen LogP contribution < -0.4 is 14.4 Å². The molecule has 1 unspecified atom stereocenters. The Labute approximate surface area is 276 Å². The van der Waals surface area contributed by atoms with Gasteiger partial charge in [-0.1, -0.05) is 79.2 Å². The molecule has 1 aliphatic rings. The largest absolute Gasteiger partial charge is 0.495 e. The number of hydrogen-bond acceptors (Lipinski definition) is 5. The van der Waals surface area contributed by atoms with Crippen molar-refractivity contribution in [2.24, 2.45) is 0 Å². The molecular weight excluding hydrogens is 633 g/mol. The SMILES string of the molecule is CCC(C(=O)NC1CCCCC1)N(Cc1ccc(Cl)c(Cl)c1)C(=O)CN(c1cc(C)ccc1OC)S(=O)(=O)c1ccc(C)cc1. The molecule has 0 bridgehead atoms. The van der Waals surface area contributed by atoms with Gasteiger partial charge in [0.15, 0.2) is 0 Å². The Hall–Kier alpha value is -3.27. The van der Waals surface area contributed by atoms with Gasteiger partial charge in [0.1, 0.15) is 18.3 Å². The minimum atomic E-state index is -4.24. The first kappa shape index (κ1) is 34.6. The number of nitrogens with zero attached hydrogens (tertiary/aromatic N) is 2. The first-order valence-electron chi connectivity index (χ1n) is 15.2. The minimum absolute atomic E-state index is 0.0235. The zero-order valence-electron chi connectivity index (χ0n) is 26.2. The van der Waals surface area contributed by atoms with E-state index in [1.807, 2.05) is 20.8 Å². The Bertz CT molecular complexity index is 1610. The molecule has 11 heteroatoms. The topological polar surface area (TPSA) is 96.0 Å². The number of benzene rings is 3. The lowest BCUT2D eigenvalue weighted by molar-refractivity contribution is -0.140. The van der Waals surface area contributed by atoms with Crippen LogP contribution in [-0.2, 0) is 26.2 Å². The molecule has 1 aliphatic carbocycles. The molecule has 1 saturated carbocycles. The lowest BCUT2D eigenvalue weighted by atomic mass is 9.95. The van der Waals surface area contributed by atoms with Gasteiger partial charge in [0.25, 0.3) is 10.0 Å². The number of carbonyl (C=O) groups is 2. The van der Waals surface area contributed by atoms with Crippen LogP contribution >= 0.6 is 23.2 Å². The van der Waals surface area contributed by atoms with Crippen LogP contribution in [0.3, 0.4) is 0 Å². The summed E-state index contributed by atoms with van der Waals surface area (Å²) in [6.07, 6.45) is 5.32. The maximum atomic E-state index is 14.4. The van der Waals surface area contributed by atoms with Gasteiger partial charge in [-0.2, -0.15) is 0 Å². The zero-order valence-corrected chi connectivity index (χ0v) is 28.5. The Morgan fingerprint density at radius 1 is 0.933 bits per heavy atom. The molecule has 3 aromatic rings. The summed E-state index contributed by atoms with van der Waals surface area (Å²) in [5.74, 6) is -0.521. The Balaban J connectivity index is 1.77. The lowest BCUT2D eigenvalue weighted by Gasteiger charge is -2.34. The van der Waals surface area contributed by atoms with Crippen molar-refractivity contribution in [1.29, 1.82) is 0 Å². The number of ether oxygens (including phenoxy) is 1. The van der Waals surface area contributed by atoms with Gasteiger partial charge in [0.05, 0.1) is 27.7 Å². The van der Waals surface area contributed by atoms with Crippen LogP contribution in [0.5, 0.6) is 5.75 Å². The molecule has 0 spiro atoms. The van der Waals surface area contributed by atoms with Gasteiger partial charge >= 0.3 is 0 Å². The van der Waals surface area contributed by atoms with E-state index in [0.717, 1.165) is 47.5 Å². The van der Waals surface area contributed by atoms with Crippen molar-refractivity contribution >= 4 is 50.7 Å².